The molecule has 0 spiro atoms. The average Bonchev–Trinajstić information content (AvgIpc) is 2.87. The van der Waals surface area contributed by atoms with Gasteiger partial charge in [0.05, 0.1) is 17.6 Å². The van der Waals surface area contributed by atoms with Gasteiger partial charge in [-0.3, -0.25) is 0 Å². The minimum absolute atomic E-state index is 0.0710. The Labute approximate surface area is 107 Å². The summed E-state index contributed by atoms with van der Waals surface area (Å²) in [5.41, 5.74) is 10.7. The molecule has 1 atom stereocenters. The summed E-state index contributed by atoms with van der Waals surface area (Å²) >= 11 is 0. The third kappa shape index (κ3) is 1.93. The number of benzene rings is 1. The van der Waals surface area contributed by atoms with Gasteiger partial charge in [-0.15, -0.1) is 5.10 Å². The standard InChI is InChI=1S/C14H18N4/c1-10(15)13-9-18(17-16-13)14-8-4-6-11-5-2-3-7-12(11)14/h4,6,8-10H,2-3,5,7,15H2,1H3. The van der Waals surface area contributed by atoms with Crippen LogP contribution in [0.3, 0.4) is 0 Å². The maximum atomic E-state index is 5.83. The molecule has 18 heavy (non-hydrogen) atoms. The normalized spacial score (nSPS) is 16.3. The van der Waals surface area contributed by atoms with Crippen molar-refractivity contribution in [2.45, 2.75) is 38.6 Å². The van der Waals surface area contributed by atoms with Crippen molar-refractivity contribution < 1.29 is 0 Å². The summed E-state index contributed by atoms with van der Waals surface area (Å²) in [5, 5.41) is 8.33. The monoisotopic (exact) mass is 242 g/mol. The summed E-state index contributed by atoms with van der Waals surface area (Å²) in [4.78, 5) is 0. The first kappa shape index (κ1) is 11.4. The van der Waals surface area contributed by atoms with Crippen molar-refractivity contribution in [3.63, 3.8) is 0 Å². The average molecular weight is 242 g/mol. The second-order valence-electron chi connectivity index (χ2n) is 5.00. The molecule has 2 N–H and O–H groups in total. The van der Waals surface area contributed by atoms with Crippen LogP contribution in [0.25, 0.3) is 5.69 Å². The second kappa shape index (κ2) is 4.53. The Hall–Kier alpha value is -1.68. The molecule has 4 heteroatoms. The summed E-state index contributed by atoms with van der Waals surface area (Å²) in [7, 11) is 0. The molecular formula is C14H18N4. The molecule has 0 saturated carbocycles. The van der Waals surface area contributed by atoms with Gasteiger partial charge >= 0.3 is 0 Å². The lowest BCUT2D eigenvalue weighted by Crippen LogP contribution is -2.08. The van der Waals surface area contributed by atoms with Gasteiger partial charge in [-0.05, 0) is 49.8 Å². The summed E-state index contributed by atoms with van der Waals surface area (Å²) in [5.74, 6) is 0. The van der Waals surface area contributed by atoms with E-state index in [2.05, 4.69) is 28.5 Å². The third-order valence-electron chi connectivity index (χ3n) is 3.60. The van der Waals surface area contributed by atoms with Gasteiger partial charge in [0.2, 0.25) is 0 Å². The molecule has 0 amide bonds. The van der Waals surface area contributed by atoms with E-state index in [1.165, 1.54) is 30.4 Å². The molecule has 1 aliphatic carbocycles. The van der Waals surface area contributed by atoms with Crippen molar-refractivity contribution in [1.82, 2.24) is 15.0 Å². The first-order valence-corrected chi connectivity index (χ1v) is 6.54. The number of aromatic nitrogens is 3. The third-order valence-corrected chi connectivity index (χ3v) is 3.60. The van der Waals surface area contributed by atoms with Crippen LogP contribution >= 0.6 is 0 Å². The zero-order valence-corrected chi connectivity index (χ0v) is 10.6. The zero-order valence-electron chi connectivity index (χ0n) is 10.6. The van der Waals surface area contributed by atoms with Gasteiger partial charge < -0.3 is 5.73 Å². The molecule has 4 nitrogen and oxygen atoms in total. The Morgan fingerprint density at radius 2 is 2.11 bits per heavy atom. The largest absolute Gasteiger partial charge is 0.323 e. The van der Waals surface area contributed by atoms with E-state index in [1.54, 1.807) is 0 Å². The summed E-state index contributed by atoms with van der Waals surface area (Å²) < 4.78 is 1.86. The van der Waals surface area contributed by atoms with Crippen LogP contribution in [-0.4, -0.2) is 15.0 Å². The van der Waals surface area contributed by atoms with Crippen LogP contribution in [0, 0.1) is 0 Å². The Morgan fingerprint density at radius 1 is 1.28 bits per heavy atom. The van der Waals surface area contributed by atoms with Crippen molar-refractivity contribution in [2.24, 2.45) is 5.73 Å². The van der Waals surface area contributed by atoms with Crippen LogP contribution < -0.4 is 5.73 Å². The van der Waals surface area contributed by atoms with E-state index in [0.717, 1.165) is 17.8 Å². The van der Waals surface area contributed by atoms with Gasteiger partial charge in [-0.1, -0.05) is 17.3 Å². The molecule has 3 rings (SSSR count). The van der Waals surface area contributed by atoms with E-state index in [-0.39, 0.29) is 6.04 Å². The fraction of sp³-hybridized carbons (Fsp3) is 0.429. The van der Waals surface area contributed by atoms with E-state index in [0.29, 0.717) is 0 Å². The van der Waals surface area contributed by atoms with Crippen LogP contribution in [0.2, 0.25) is 0 Å². The SMILES string of the molecule is CC(N)c1cn(-c2cccc3c2CCCC3)nn1. The topological polar surface area (TPSA) is 56.7 Å². The summed E-state index contributed by atoms with van der Waals surface area (Å²) in [6.07, 6.45) is 6.81. The number of hydrogen-bond acceptors (Lipinski definition) is 3. The quantitative estimate of drug-likeness (QED) is 0.878. The highest BCUT2D eigenvalue weighted by Gasteiger charge is 2.15. The van der Waals surface area contributed by atoms with Gasteiger partial charge in [0.1, 0.15) is 0 Å². The number of nitrogens with two attached hydrogens (primary N) is 1. The van der Waals surface area contributed by atoms with E-state index < -0.39 is 0 Å². The molecule has 1 aromatic heterocycles. The van der Waals surface area contributed by atoms with E-state index in [9.17, 15) is 0 Å². The summed E-state index contributed by atoms with van der Waals surface area (Å²) in [6, 6.07) is 6.37. The number of nitrogens with zero attached hydrogens (tertiary/aromatic N) is 3. The van der Waals surface area contributed by atoms with Crippen LogP contribution in [0.1, 0.15) is 42.6 Å². The molecule has 1 aliphatic rings. The maximum Gasteiger partial charge on any atom is 0.0995 e. The fourth-order valence-corrected chi connectivity index (χ4v) is 2.58. The lowest BCUT2D eigenvalue weighted by molar-refractivity contribution is 0.673. The number of hydrogen-bond donors (Lipinski definition) is 1. The molecule has 1 unspecified atom stereocenters. The smallest absolute Gasteiger partial charge is 0.0995 e. The molecule has 0 aliphatic heterocycles. The van der Waals surface area contributed by atoms with Gasteiger partial charge in [0.25, 0.3) is 0 Å². The minimum atomic E-state index is -0.0710. The Balaban J connectivity index is 2.05. The first-order valence-electron chi connectivity index (χ1n) is 6.54. The molecule has 1 aromatic carbocycles. The van der Waals surface area contributed by atoms with Crippen molar-refractivity contribution in [3.8, 4) is 5.69 Å². The minimum Gasteiger partial charge on any atom is -0.323 e. The number of rotatable bonds is 2. The van der Waals surface area contributed by atoms with Crippen molar-refractivity contribution in [2.75, 3.05) is 0 Å². The predicted molar refractivity (Wildman–Crippen MR) is 70.6 cm³/mol. The highest BCUT2D eigenvalue weighted by Crippen LogP contribution is 2.26. The van der Waals surface area contributed by atoms with E-state index >= 15 is 0 Å². The second-order valence-corrected chi connectivity index (χ2v) is 5.00. The number of fused-ring (bicyclic) bond motifs is 1. The predicted octanol–water partition coefficient (Wildman–Crippen LogP) is 2.17. The Kier molecular flexibility index (Phi) is 2.88. The van der Waals surface area contributed by atoms with Crippen LogP contribution in [0.5, 0.6) is 0 Å². The highest BCUT2D eigenvalue weighted by molar-refractivity contribution is 5.46. The van der Waals surface area contributed by atoms with Gasteiger partial charge in [0, 0.05) is 6.04 Å². The molecule has 0 bridgehead atoms. The van der Waals surface area contributed by atoms with Crippen molar-refractivity contribution >= 4 is 0 Å². The van der Waals surface area contributed by atoms with Crippen LogP contribution in [0.15, 0.2) is 24.4 Å². The van der Waals surface area contributed by atoms with Gasteiger partial charge in [-0.25, -0.2) is 4.68 Å². The molecule has 0 radical (unpaired) electrons. The van der Waals surface area contributed by atoms with Gasteiger partial charge in [0.15, 0.2) is 0 Å². The van der Waals surface area contributed by atoms with Crippen molar-refractivity contribution in [3.05, 3.63) is 41.2 Å². The lowest BCUT2D eigenvalue weighted by atomic mass is 9.90. The fourth-order valence-electron chi connectivity index (χ4n) is 2.58. The molecule has 2 aromatic rings. The van der Waals surface area contributed by atoms with Gasteiger partial charge in [-0.2, -0.15) is 0 Å². The molecule has 0 fully saturated rings. The van der Waals surface area contributed by atoms with Crippen LogP contribution in [-0.2, 0) is 12.8 Å². The van der Waals surface area contributed by atoms with E-state index in [1.807, 2.05) is 17.8 Å². The molecule has 94 valence electrons. The highest BCUT2D eigenvalue weighted by atomic mass is 15.4. The van der Waals surface area contributed by atoms with Crippen molar-refractivity contribution in [1.29, 1.82) is 0 Å². The molecule has 0 saturated heterocycles. The Bertz CT molecular complexity index is 557. The number of aryl methyl sites for hydroxylation is 1. The Morgan fingerprint density at radius 3 is 2.89 bits per heavy atom. The first-order chi connectivity index (χ1) is 8.75. The van der Waals surface area contributed by atoms with E-state index in [4.69, 9.17) is 5.73 Å². The molecular weight excluding hydrogens is 224 g/mol. The summed E-state index contributed by atoms with van der Waals surface area (Å²) in [6.45, 7) is 1.93. The lowest BCUT2D eigenvalue weighted by Gasteiger charge is -2.18. The molecule has 1 heterocycles. The van der Waals surface area contributed by atoms with Crippen LogP contribution in [0.4, 0.5) is 0 Å². The zero-order chi connectivity index (χ0) is 12.5. The maximum absolute atomic E-state index is 5.83.